The standard InChI is InChI=1S/C30H30Cl2N4O2/c1-18(2)28(34-29(37)22-12-9-19(3)10-13-22)30(38)35-33-16-24-20(4)36(27-8-6-5-7-23(24)27)17-21-11-14-25(31)26(32)15-21/h5-16,18,28H,17H2,1-4H3,(H,34,37)(H,35,38)/b33-16-. The summed E-state index contributed by atoms with van der Waals surface area (Å²) >= 11 is 12.3. The minimum Gasteiger partial charge on any atom is -0.340 e. The van der Waals surface area contributed by atoms with Crippen LogP contribution < -0.4 is 10.7 Å². The van der Waals surface area contributed by atoms with E-state index in [4.69, 9.17) is 23.2 Å². The largest absolute Gasteiger partial charge is 0.340 e. The van der Waals surface area contributed by atoms with E-state index in [0.29, 0.717) is 22.2 Å². The molecule has 0 radical (unpaired) electrons. The van der Waals surface area contributed by atoms with E-state index in [1.54, 1.807) is 24.4 Å². The Balaban J connectivity index is 1.53. The molecule has 2 N–H and O–H groups in total. The van der Waals surface area contributed by atoms with Crippen molar-refractivity contribution in [3.63, 3.8) is 0 Å². The molecule has 0 fully saturated rings. The van der Waals surface area contributed by atoms with Gasteiger partial charge in [-0.15, -0.1) is 0 Å². The highest BCUT2D eigenvalue weighted by atomic mass is 35.5. The second-order valence-electron chi connectivity index (χ2n) is 9.65. The van der Waals surface area contributed by atoms with Gasteiger partial charge in [0.2, 0.25) is 0 Å². The number of nitrogens with one attached hydrogen (secondary N) is 2. The highest BCUT2D eigenvalue weighted by molar-refractivity contribution is 6.42. The van der Waals surface area contributed by atoms with Crippen LogP contribution in [0, 0.1) is 19.8 Å². The Morgan fingerprint density at radius 3 is 2.37 bits per heavy atom. The number of benzene rings is 3. The summed E-state index contributed by atoms with van der Waals surface area (Å²) in [5.41, 5.74) is 8.12. The van der Waals surface area contributed by atoms with Gasteiger partial charge in [-0.1, -0.05) is 79.0 Å². The molecule has 0 aliphatic rings. The Morgan fingerprint density at radius 2 is 1.68 bits per heavy atom. The maximum absolute atomic E-state index is 13.0. The predicted molar refractivity (Wildman–Crippen MR) is 155 cm³/mol. The molecule has 0 spiro atoms. The van der Waals surface area contributed by atoms with Crippen LogP contribution in [-0.4, -0.2) is 28.6 Å². The topological polar surface area (TPSA) is 75.5 Å². The second kappa shape index (κ2) is 11.8. The number of para-hydroxylation sites is 1. The van der Waals surface area contributed by atoms with Gasteiger partial charge in [-0.05, 0) is 55.7 Å². The van der Waals surface area contributed by atoms with Crippen molar-refractivity contribution >= 4 is 52.1 Å². The lowest BCUT2D eigenvalue weighted by molar-refractivity contribution is -0.123. The van der Waals surface area contributed by atoms with Gasteiger partial charge in [-0.25, -0.2) is 5.43 Å². The van der Waals surface area contributed by atoms with Gasteiger partial charge in [0.1, 0.15) is 6.04 Å². The fraction of sp³-hybridized carbons (Fsp3) is 0.233. The van der Waals surface area contributed by atoms with Crippen LogP contribution in [-0.2, 0) is 11.3 Å². The van der Waals surface area contributed by atoms with Crippen LogP contribution >= 0.6 is 23.2 Å². The quantitative estimate of drug-likeness (QED) is 0.194. The molecule has 1 heterocycles. The molecule has 0 aliphatic carbocycles. The number of hydrogen-bond donors (Lipinski definition) is 2. The second-order valence-corrected chi connectivity index (χ2v) is 10.5. The van der Waals surface area contributed by atoms with E-state index in [9.17, 15) is 9.59 Å². The Morgan fingerprint density at radius 1 is 0.974 bits per heavy atom. The minimum atomic E-state index is -0.738. The zero-order chi connectivity index (χ0) is 27.4. The molecule has 38 heavy (non-hydrogen) atoms. The number of hydrogen-bond acceptors (Lipinski definition) is 3. The Kier molecular flexibility index (Phi) is 8.55. The number of halogens is 2. The van der Waals surface area contributed by atoms with E-state index >= 15 is 0 Å². The molecule has 0 saturated carbocycles. The van der Waals surface area contributed by atoms with Crippen molar-refractivity contribution in [1.82, 2.24) is 15.3 Å². The lowest BCUT2D eigenvalue weighted by Gasteiger charge is -2.20. The number of fused-ring (bicyclic) bond motifs is 1. The van der Waals surface area contributed by atoms with E-state index in [1.807, 2.05) is 76.2 Å². The average Bonchev–Trinajstić information content (AvgIpc) is 3.15. The lowest BCUT2D eigenvalue weighted by atomic mass is 10.0. The first-order chi connectivity index (χ1) is 18.2. The first-order valence-electron chi connectivity index (χ1n) is 12.4. The van der Waals surface area contributed by atoms with Crippen molar-refractivity contribution in [2.24, 2.45) is 11.0 Å². The van der Waals surface area contributed by atoms with Crippen LogP contribution in [0.3, 0.4) is 0 Å². The van der Waals surface area contributed by atoms with Crippen molar-refractivity contribution < 1.29 is 9.59 Å². The van der Waals surface area contributed by atoms with Crippen LogP contribution in [0.2, 0.25) is 10.0 Å². The van der Waals surface area contributed by atoms with Crippen molar-refractivity contribution in [3.05, 3.63) is 105 Å². The molecule has 196 valence electrons. The summed E-state index contributed by atoms with van der Waals surface area (Å²) in [6.45, 7) is 8.33. The molecular formula is C30H30Cl2N4O2. The molecule has 4 rings (SSSR count). The van der Waals surface area contributed by atoms with Gasteiger partial charge < -0.3 is 9.88 Å². The van der Waals surface area contributed by atoms with Gasteiger partial charge in [0.25, 0.3) is 11.8 Å². The molecular weight excluding hydrogens is 519 g/mol. The molecule has 8 heteroatoms. The highest BCUT2D eigenvalue weighted by Gasteiger charge is 2.24. The molecule has 1 aromatic heterocycles. The summed E-state index contributed by atoms with van der Waals surface area (Å²) in [7, 11) is 0. The Labute approximate surface area is 232 Å². The molecule has 2 amide bonds. The number of amides is 2. The number of nitrogens with zero attached hydrogens (tertiary/aromatic N) is 2. The number of hydrazone groups is 1. The van der Waals surface area contributed by atoms with Gasteiger partial charge in [0, 0.05) is 34.3 Å². The third kappa shape index (κ3) is 6.09. The van der Waals surface area contributed by atoms with Gasteiger partial charge in [0.05, 0.1) is 16.3 Å². The molecule has 0 aliphatic heterocycles. The Bertz CT molecular complexity index is 1510. The normalized spacial score (nSPS) is 12.3. The van der Waals surface area contributed by atoms with E-state index in [2.05, 4.69) is 20.4 Å². The zero-order valence-corrected chi connectivity index (χ0v) is 23.3. The number of carbonyl (C=O) groups excluding carboxylic acids is 2. The van der Waals surface area contributed by atoms with Gasteiger partial charge in [-0.3, -0.25) is 9.59 Å². The van der Waals surface area contributed by atoms with Crippen LogP contribution in [0.1, 0.15) is 46.6 Å². The molecule has 0 bridgehead atoms. The first kappa shape index (κ1) is 27.4. The number of aryl methyl sites for hydroxylation is 1. The van der Waals surface area contributed by atoms with Crippen LogP contribution in [0.4, 0.5) is 0 Å². The summed E-state index contributed by atoms with van der Waals surface area (Å²) < 4.78 is 2.18. The third-order valence-corrected chi connectivity index (χ3v) is 7.26. The molecule has 6 nitrogen and oxygen atoms in total. The minimum absolute atomic E-state index is 0.130. The highest BCUT2D eigenvalue weighted by Crippen LogP contribution is 2.28. The molecule has 1 atom stereocenters. The monoisotopic (exact) mass is 548 g/mol. The van der Waals surface area contributed by atoms with E-state index in [0.717, 1.165) is 33.3 Å². The van der Waals surface area contributed by atoms with E-state index < -0.39 is 6.04 Å². The van der Waals surface area contributed by atoms with Gasteiger partial charge in [-0.2, -0.15) is 5.10 Å². The van der Waals surface area contributed by atoms with Gasteiger partial charge in [0.15, 0.2) is 0 Å². The SMILES string of the molecule is Cc1ccc(C(=O)NC(C(=O)N/N=C\c2c(C)n(Cc3ccc(Cl)c(Cl)c3)c3ccccc23)C(C)C)cc1. The number of aromatic nitrogens is 1. The smallest absolute Gasteiger partial charge is 0.262 e. The fourth-order valence-electron chi connectivity index (χ4n) is 4.34. The Hall–Kier alpha value is -3.61. The van der Waals surface area contributed by atoms with Crippen molar-refractivity contribution in [2.45, 2.75) is 40.3 Å². The fourth-order valence-corrected chi connectivity index (χ4v) is 4.66. The van der Waals surface area contributed by atoms with Crippen LogP contribution in [0.15, 0.2) is 71.8 Å². The summed E-state index contributed by atoms with van der Waals surface area (Å²) in [5.74, 6) is -0.813. The molecule has 3 aromatic carbocycles. The van der Waals surface area contributed by atoms with Crippen molar-refractivity contribution in [1.29, 1.82) is 0 Å². The van der Waals surface area contributed by atoms with Crippen molar-refractivity contribution in [3.8, 4) is 0 Å². The third-order valence-electron chi connectivity index (χ3n) is 6.52. The predicted octanol–water partition coefficient (Wildman–Crippen LogP) is 6.52. The van der Waals surface area contributed by atoms with E-state index in [1.165, 1.54) is 0 Å². The van der Waals surface area contributed by atoms with Crippen LogP contribution in [0.25, 0.3) is 10.9 Å². The maximum Gasteiger partial charge on any atom is 0.262 e. The molecule has 0 saturated heterocycles. The molecule has 4 aromatic rings. The van der Waals surface area contributed by atoms with E-state index in [-0.39, 0.29) is 17.7 Å². The number of carbonyl (C=O) groups is 2. The van der Waals surface area contributed by atoms with Crippen LogP contribution in [0.5, 0.6) is 0 Å². The van der Waals surface area contributed by atoms with Gasteiger partial charge >= 0.3 is 0 Å². The summed E-state index contributed by atoms with van der Waals surface area (Å²) in [4.78, 5) is 25.7. The molecule has 1 unspecified atom stereocenters. The average molecular weight is 550 g/mol. The summed E-state index contributed by atoms with van der Waals surface area (Å²) in [6, 6.07) is 20.1. The first-order valence-corrected chi connectivity index (χ1v) is 13.1. The summed E-state index contributed by atoms with van der Waals surface area (Å²) in [5, 5.41) is 9.14. The summed E-state index contributed by atoms with van der Waals surface area (Å²) in [6.07, 6.45) is 1.65. The number of rotatable bonds is 8. The maximum atomic E-state index is 13.0. The lowest BCUT2D eigenvalue weighted by Crippen LogP contribution is -2.48. The van der Waals surface area contributed by atoms with Crippen molar-refractivity contribution in [2.75, 3.05) is 0 Å². The zero-order valence-electron chi connectivity index (χ0n) is 21.8.